The number of thiazole rings is 1. The van der Waals surface area contributed by atoms with Crippen LogP contribution in [0, 0.1) is 5.92 Å². The Morgan fingerprint density at radius 1 is 1.37 bits per heavy atom. The minimum atomic E-state index is 0.511. The first kappa shape index (κ1) is 15.3. The molecule has 4 heteroatoms. The van der Waals surface area contributed by atoms with E-state index in [2.05, 4.69) is 17.3 Å². The molecular formula is C15H24ClNOS. The van der Waals surface area contributed by atoms with E-state index in [0.29, 0.717) is 12.0 Å². The molecule has 2 rings (SSSR count). The molecule has 2 unspecified atom stereocenters. The Morgan fingerprint density at radius 2 is 2.21 bits per heavy atom. The van der Waals surface area contributed by atoms with Gasteiger partial charge in [0.15, 0.2) is 0 Å². The molecule has 2 atom stereocenters. The summed E-state index contributed by atoms with van der Waals surface area (Å²) in [4.78, 5) is 4.47. The van der Waals surface area contributed by atoms with E-state index in [9.17, 15) is 0 Å². The van der Waals surface area contributed by atoms with Gasteiger partial charge in [0.05, 0.1) is 22.7 Å². The van der Waals surface area contributed by atoms with Crippen molar-refractivity contribution < 1.29 is 4.74 Å². The molecule has 1 aliphatic rings. The van der Waals surface area contributed by atoms with Gasteiger partial charge >= 0.3 is 0 Å². The van der Waals surface area contributed by atoms with Crippen LogP contribution in [0.25, 0.3) is 0 Å². The van der Waals surface area contributed by atoms with Gasteiger partial charge in [0.2, 0.25) is 0 Å². The lowest BCUT2D eigenvalue weighted by atomic mass is 9.88. The lowest BCUT2D eigenvalue weighted by molar-refractivity contribution is -0.00637. The van der Waals surface area contributed by atoms with Gasteiger partial charge in [0, 0.05) is 12.0 Å². The standard InChI is InChI=1S/C15H24ClNOS/c1-12-6-2-3-7-14(12)18-9-5-4-8-15-17-13(10-16)11-19-15/h11-12,14H,2-10H2,1H3. The molecule has 0 radical (unpaired) electrons. The third-order valence-corrected chi connectivity index (χ3v) is 5.12. The van der Waals surface area contributed by atoms with Crippen LogP contribution < -0.4 is 0 Å². The van der Waals surface area contributed by atoms with Crippen LogP contribution in [0.1, 0.15) is 56.2 Å². The van der Waals surface area contributed by atoms with Crippen molar-refractivity contribution in [1.82, 2.24) is 4.98 Å². The van der Waals surface area contributed by atoms with Crippen molar-refractivity contribution in [2.75, 3.05) is 6.61 Å². The maximum Gasteiger partial charge on any atom is 0.0928 e. The second kappa shape index (κ2) is 8.23. The summed E-state index contributed by atoms with van der Waals surface area (Å²) in [5.41, 5.74) is 1.01. The van der Waals surface area contributed by atoms with Gasteiger partial charge in [-0.2, -0.15) is 0 Å². The van der Waals surface area contributed by atoms with Gasteiger partial charge in [0.25, 0.3) is 0 Å². The number of halogens is 1. The zero-order valence-corrected chi connectivity index (χ0v) is 13.3. The Hall–Kier alpha value is -0.120. The van der Waals surface area contributed by atoms with E-state index in [-0.39, 0.29) is 0 Å². The van der Waals surface area contributed by atoms with Crippen molar-refractivity contribution in [3.63, 3.8) is 0 Å². The highest BCUT2D eigenvalue weighted by atomic mass is 35.5. The van der Waals surface area contributed by atoms with Gasteiger partial charge in [-0.1, -0.05) is 19.8 Å². The molecule has 19 heavy (non-hydrogen) atoms. The smallest absolute Gasteiger partial charge is 0.0928 e. The lowest BCUT2D eigenvalue weighted by Crippen LogP contribution is -2.25. The van der Waals surface area contributed by atoms with Crippen molar-refractivity contribution in [3.05, 3.63) is 16.1 Å². The molecule has 0 N–H and O–H groups in total. The zero-order valence-electron chi connectivity index (χ0n) is 11.7. The SMILES string of the molecule is CC1CCCCC1OCCCCc1nc(CCl)cs1. The number of hydrogen-bond acceptors (Lipinski definition) is 3. The first-order valence-electron chi connectivity index (χ1n) is 7.40. The summed E-state index contributed by atoms with van der Waals surface area (Å²) in [6.45, 7) is 3.23. The zero-order chi connectivity index (χ0) is 13.5. The van der Waals surface area contributed by atoms with Crippen LogP contribution in [0.5, 0.6) is 0 Å². The molecule has 0 saturated heterocycles. The van der Waals surface area contributed by atoms with Gasteiger partial charge in [0.1, 0.15) is 0 Å². The second-order valence-corrected chi connectivity index (χ2v) is 6.70. The Morgan fingerprint density at radius 3 is 2.95 bits per heavy atom. The van der Waals surface area contributed by atoms with Gasteiger partial charge in [-0.15, -0.1) is 22.9 Å². The second-order valence-electron chi connectivity index (χ2n) is 5.49. The number of hydrogen-bond donors (Lipinski definition) is 0. The van der Waals surface area contributed by atoms with Crippen LogP contribution in [-0.4, -0.2) is 17.7 Å². The average Bonchev–Trinajstić information content (AvgIpc) is 2.88. The van der Waals surface area contributed by atoms with Crippen molar-refractivity contribution in [1.29, 1.82) is 0 Å². The van der Waals surface area contributed by atoms with Crippen LogP contribution >= 0.6 is 22.9 Å². The van der Waals surface area contributed by atoms with Crippen LogP contribution in [-0.2, 0) is 17.0 Å². The molecule has 0 aliphatic heterocycles. The van der Waals surface area contributed by atoms with Gasteiger partial charge < -0.3 is 4.74 Å². The Balaban J connectivity index is 1.56. The van der Waals surface area contributed by atoms with Crippen LogP contribution in [0.4, 0.5) is 0 Å². The fourth-order valence-corrected chi connectivity index (χ4v) is 3.74. The number of aromatic nitrogens is 1. The fourth-order valence-electron chi connectivity index (χ4n) is 2.67. The number of rotatable bonds is 7. The third kappa shape index (κ3) is 5.05. The first-order valence-corrected chi connectivity index (χ1v) is 8.82. The number of aryl methyl sites for hydroxylation is 1. The van der Waals surface area contributed by atoms with Crippen molar-refractivity contribution in [2.45, 2.75) is 63.9 Å². The Bertz CT molecular complexity index is 369. The minimum Gasteiger partial charge on any atom is -0.378 e. The normalized spacial score (nSPS) is 23.7. The van der Waals surface area contributed by atoms with Crippen LogP contribution in [0.15, 0.2) is 5.38 Å². The van der Waals surface area contributed by atoms with Crippen LogP contribution in [0.2, 0.25) is 0 Å². The highest BCUT2D eigenvalue weighted by Gasteiger charge is 2.21. The molecule has 1 fully saturated rings. The third-order valence-electron chi connectivity index (χ3n) is 3.89. The molecule has 0 amide bonds. The molecule has 1 aromatic rings. The maximum atomic E-state index is 6.02. The van der Waals surface area contributed by atoms with E-state index in [1.807, 2.05) is 0 Å². The van der Waals surface area contributed by atoms with Crippen molar-refractivity contribution in [2.24, 2.45) is 5.92 Å². The van der Waals surface area contributed by atoms with Crippen LogP contribution in [0.3, 0.4) is 0 Å². The molecule has 1 saturated carbocycles. The summed E-state index contributed by atoms with van der Waals surface area (Å²) in [6.07, 6.45) is 9.19. The monoisotopic (exact) mass is 301 g/mol. The van der Waals surface area contributed by atoms with E-state index in [1.54, 1.807) is 11.3 Å². The van der Waals surface area contributed by atoms with E-state index >= 15 is 0 Å². The Kier molecular flexibility index (Phi) is 6.62. The maximum absolute atomic E-state index is 6.02. The summed E-state index contributed by atoms with van der Waals surface area (Å²) < 4.78 is 6.02. The quantitative estimate of drug-likeness (QED) is 0.533. The summed E-state index contributed by atoms with van der Waals surface area (Å²) in [5.74, 6) is 1.28. The number of alkyl halides is 1. The van der Waals surface area contributed by atoms with Gasteiger partial charge in [-0.05, 0) is 38.0 Å². The molecule has 1 aromatic heterocycles. The predicted molar refractivity (Wildman–Crippen MR) is 82.0 cm³/mol. The Labute approximate surface area is 125 Å². The van der Waals surface area contributed by atoms with E-state index in [1.165, 1.54) is 30.7 Å². The first-order chi connectivity index (χ1) is 9.29. The van der Waals surface area contributed by atoms with E-state index in [4.69, 9.17) is 16.3 Å². The van der Waals surface area contributed by atoms with E-state index in [0.717, 1.165) is 37.5 Å². The summed E-state index contributed by atoms with van der Waals surface area (Å²) in [7, 11) is 0. The summed E-state index contributed by atoms with van der Waals surface area (Å²) >= 11 is 7.47. The largest absolute Gasteiger partial charge is 0.378 e. The molecule has 1 heterocycles. The predicted octanol–water partition coefficient (Wildman–Crippen LogP) is 4.80. The summed E-state index contributed by atoms with van der Waals surface area (Å²) in [6, 6.07) is 0. The molecule has 2 nitrogen and oxygen atoms in total. The highest BCUT2D eigenvalue weighted by molar-refractivity contribution is 7.09. The fraction of sp³-hybridized carbons (Fsp3) is 0.800. The minimum absolute atomic E-state index is 0.511. The molecular weight excluding hydrogens is 278 g/mol. The number of unbranched alkanes of at least 4 members (excludes halogenated alkanes) is 1. The number of nitrogens with zero attached hydrogens (tertiary/aromatic N) is 1. The van der Waals surface area contributed by atoms with Gasteiger partial charge in [-0.3, -0.25) is 0 Å². The molecule has 108 valence electrons. The summed E-state index contributed by atoms with van der Waals surface area (Å²) in [5, 5.41) is 3.27. The molecule has 1 aliphatic carbocycles. The van der Waals surface area contributed by atoms with Gasteiger partial charge in [-0.25, -0.2) is 4.98 Å². The van der Waals surface area contributed by atoms with Crippen molar-refractivity contribution >= 4 is 22.9 Å². The highest BCUT2D eigenvalue weighted by Crippen LogP contribution is 2.26. The molecule has 0 spiro atoms. The van der Waals surface area contributed by atoms with E-state index < -0.39 is 0 Å². The number of ether oxygens (including phenoxy) is 1. The average molecular weight is 302 g/mol. The molecule has 0 aromatic carbocycles. The topological polar surface area (TPSA) is 22.1 Å². The lowest BCUT2D eigenvalue weighted by Gasteiger charge is -2.28. The molecule has 0 bridgehead atoms. The van der Waals surface area contributed by atoms with Crippen molar-refractivity contribution in [3.8, 4) is 0 Å².